The summed E-state index contributed by atoms with van der Waals surface area (Å²) in [6, 6.07) is 4.37. The second-order valence-electron chi connectivity index (χ2n) is 1.97. The van der Waals surface area contributed by atoms with Crippen LogP contribution in [0.4, 0.5) is 4.39 Å². The van der Waals surface area contributed by atoms with E-state index in [2.05, 4.69) is 26.4 Å². The fraction of sp³-hybridized carbons (Fsp3) is 0.143. The number of hydrogen-bond acceptors (Lipinski definition) is 3. The summed E-state index contributed by atoms with van der Waals surface area (Å²) < 4.78 is 13.2. The summed E-state index contributed by atoms with van der Waals surface area (Å²) in [4.78, 5) is 9.17. The first-order valence-corrected chi connectivity index (χ1v) is 3.93. The molecule has 0 bridgehead atoms. The predicted octanol–water partition coefficient (Wildman–Crippen LogP) is 2.03. The number of nitrogens with one attached hydrogen (secondary N) is 1. The van der Waals surface area contributed by atoms with Gasteiger partial charge in [-0.25, -0.2) is 4.39 Å². The van der Waals surface area contributed by atoms with Gasteiger partial charge in [-0.2, -0.15) is 0 Å². The zero-order valence-electron chi connectivity index (χ0n) is 6.30. The Labute approximate surface area is 77.5 Å². The van der Waals surface area contributed by atoms with E-state index in [-0.39, 0.29) is 5.82 Å². The van der Waals surface area contributed by atoms with E-state index in [1.165, 1.54) is 13.2 Å². The molecule has 0 radical (unpaired) electrons. The second kappa shape index (κ2) is 4.39. The molecule has 0 heterocycles. The van der Waals surface area contributed by atoms with Gasteiger partial charge in [-0.05, 0) is 33.7 Å². The van der Waals surface area contributed by atoms with Crippen LogP contribution in [0, 0.1) is 5.82 Å². The van der Waals surface area contributed by atoms with Gasteiger partial charge in [0.1, 0.15) is 5.82 Å². The van der Waals surface area contributed by atoms with E-state index in [0.717, 1.165) is 0 Å². The lowest BCUT2D eigenvalue weighted by atomic mass is 10.3. The van der Waals surface area contributed by atoms with Crippen molar-refractivity contribution in [2.24, 2.45) is 0 Å². The molecule has 66 valence electrons. The molecule has 1 aromatic carbocycles. The van der Waals surface area contributed by atoms with Gasteiger partial charge in [-0.15, -0.1) is 0 Å². The summed E-state index contributed by atoms with van der Waals surface area (Å²) in [5.74, 6) is -0.0389. The minimum absolute atomic E-state index is 0.345. The van der Waals surface area contributed by atoms with Crippen LogP contribution < -0.4 is 10.5 Å². The largest absolute Gasteiger partial charge is 0.383 e. The van der Waals surface area contributed by atoms with Crippen LogP contribution in [0.3, 0.4) is 0 Å². The molecule has 0 aromatic heterocycles. The third-order valence-electron chi connectivity index (χ3n) is 1.13. The van der Waals surface area contributed by atoms with Crippen LogP contribution in [0.15, 0.2) is 22.7 Å². The zero-order valence-corrected chi connectivity index (χ0v) is 7.89. The second-order valence-corrected chi connectivity index (χ2v) is 2.82. The molecule has 1 aromatic rings. The maximum atomic E-state index is 12.8. The van der Waals surface area contributed by atoms with Crippen molar-refractivity contribution in [1.29, 1.82) is 0 Å². The minimum Gasteiger partial charge on any atom is -0.383 e. The third-order valence-corrected chi connectivity index (χ3v) is 1.78. The molecular weight excluding hydrogens is 229 g/mol. The van der Waals surface area contributed by atoms with Crippen molar-refractivity contribution in [2.75, 3.05) is 7.11 Å². The maximum absolute atomic E-state index is 12.8. The number of halogens is 2. The van der Waals surface area contributed by atoms with E-state index in [1.807, 2.05) is 0 Å². The fourth-order valence-corrected chi connectivity index (χ4v) is 0.877. The molecule has 0 saturated carbocycles. The van der Waals surface area contributed by atoms with Crippen LogP contribution in [-0.4, -0.2) is 7.11 Å². The van der Waals surface area contributed by atoms with E-state index >= 15 is 0 Å². The molecule has 0 unspecified atom stereocenters. The van der Waals surface area contributed by atoms with Crippen molar-refractivity contribution in [1.82, 2.24) is 5.64 Å². The van der Waals surface area contributed by atoms with Gasteiger partial charge in [0.05, 0.1) is 11.6 Å². The average Bonchev–Trinajstić information content (AvgIpc) is 2.07. The van der Waals surface area contributed by atoms with Crippen LogP contribution in [0.2, 0.25) is 0 Å². The van der Waals surface area contributed by atoms with E-state index in [0.29, 0.717) is 10.2 Å². The van der Waals surface area contributed by atoms with Crippen LogP contribution >= 0.6 is 15.9 Å². The van der Waals surface area contributed by atoms with Gasteiger partial charge >= 0.3 is 0 Å². The normalized spacial score (nSPS) is 9.92. The van der Waals surface area contributed by atoms with Crippen LogP contribution in [0.25, 0.3) is 0 Å². The summed E-state index contributed by atoms with van der Waals surface area (Å²) >= 11 is 3.02. The fourth-order valence-electron chi connectivity index (χ4n) is 0.630. The molecule has 0 aliphatic heterocycles. The van der Waals surface area contributed by atoms with Crippen molar-refractivity contribution in [3.8, 4) is 5.75 Å². The first-order valence-electron chi connectivity index (χ1n) is 3.14. The topological polar surface area (TPSA) is 30.5 Å². The van der Waals surface area contributed by atoms with Crippen LogP contribution in [-0.2, 0) is 4.84 Å². The molecule has 5 heteroatoms. The first-order chi connectivity index (χ1) is 5.74. The number of rotatable bonds is 3. The Hall–Kier alpha value is -0.650. The van der Waals surface area contributed by atoms with Crippen molar-refractivity contribution in [3.05, 3.63) is 28.5 Å². The van der Waals surface area contributed by atoms with Gasteiger partial charge in [0.25, 0.3) is 0 Å². The van der Waals surface area contributed by atoms with Gasteiger partial charge in [-0.1, -0.05) is 0 Å². The molecule has 0 saturated heterocycles. The summed E-state index contributed by atoms with van der Waals surface area (Å²) in [5, 5.41) is 0. The molecular formula is C7H7BrFNO2. The maximum Gasteiger partial charge on any atom is 0.153 e. The highest BCUT2D eigenvalue weighted by molar-refractivity contribution is 9.10. The van der Waals surface area contributed by atoms with Crippen LogP contribution in [0.1, 0.15) is 0 Å². The minimum atomic E-state index is -0.384. The van der Waals surface area contributed by atoms with Gasteiger partial charge < -0.3 is 4.84 Å². The van der Waals surface area contributed by atoms with Crippen molar-refractivity contribution >= 4 is 15.9 Å². The van der Waals surface area contributed by atoms with Gasteiger partial charge in [0.15, 0.2) is 5.75 Å². The molecule has 0 fully saturated rings. The molecule has 0 amide bonds. The quantitative estimate of drug-likeness (QED) is 0.814. The Morgan fingerprint density at radius 3 is 2.83 bits per heavy atom. The molecule has 3 nitrogen and oxygen atoms in total. The van der Waals surface area contributed by atoms with E-state index < -0.39 is 0 Å². The Morgan fingerprint density at radius 2 is 2.25 bits per heavy atom. The predicted molar refractivity (Wildman–Crippen MR) is 44.9 cm³/mol. The third kappa shape index (κ3) is 2.44. The summed E-state index contributed by atoms with van der Waals surface area (Å²) in [6.07, 6.45) is 0. The standard InChI is InChI=1S/C7H7BrFNO2/c1-11-10-12-5-2-3-6(8)7(9)4-5/h2-4,10H,1H3. The SMILES string of the molecule is CONOc1ccc(Br)c(F)c1. The molecule has 1 rings (SSSR count). The Kier molecular flexibility index (Phi) is 3.46. The zero-order chi connectivity index (χ0) is 8.97. The number of hydrogen-bond donors (Lipinski definition) is 1. The van der Waals surface area contributed by atoms with Crippen molar-refractivity contribution < 1.29 is 14.1 Å². The highest BCUT2D eigenvalue weighted by atomic mass is 79.9. The smallest absolute Gasteiger partial charge is 0.153 e. The highest BCUT2D eigenvalue weighted by Gasteiger charge is 2.00. The van der Waals surface area contributed by atoms with Crippen molar-refractivity contribution in [2.45, 2.75) is 0 Å². The first kappa shape index (κ1) is 9.44. The molecule has 0 atom stereocenters. The van der Waals surface area contributed by atoms with E-state index in [4.69, 9.17) is 4.84 Å². The lowest BCUT2D eigenvalue weighted by molar-refractivity contribution is -0.0797. The monoisotopic (exact) mass is 235 g/mol. The van der Waals surface area contributed by atoms with Crippen LogP contribution in [0.5, 0.6) is 5.75 Å². The number of benzene rings is 1. The highest BCUT2D eigenvalue weighted by Crippen LogP contribution is 2.20. The molecule has 0 aliphatic carbocycles. The Bertz CT molecular complexity index is 270. The molecule has 12 heavy (non-hydrogen) atoms. The molecule has 0 aliphatic rings. The van der Waals surface area contributed by atoms with Crippen molar-refractivity contribution in [3.63, 3.8) is 0 Å². The van der Waals surface area contributed by atoms with E-state index in [9.17, 15) is 4.39 Å². The Balaban J connectivity index is 2.69. The summed E-state index contributed by atoms with van der Waals surface area (Å²) in [7, 11) is 1.40. The lowest BCUT2D eigenvalue weighted by Crippen LogP contribution is -2.16. The summed E-state index contributed by atoms with van der Waals surface area (Å²) in [6.45, 7) is 0. The summed E-state index contributed by atoms with van der Waals surface area (Å²) in [5.41, 5.74) is 2.13. The molecule has 0 spiro atoms. The van der Waals surface area contributed by atoms with E-state index in [1.54, 1.807) is 12.1 Å². The molecule has 1 N–H and O–H groups in total. The van der Waals surface area contributed by atoms with Gasteiger partial charge in [0.2, 0.25) is 0 Å². The van der Waals surface area contributed by atoms with Gasteiger partial charge in [0, 0.05) is 6.07 Å². The van der Waals surface area contributed by atoms with Gasteiger partial charge in [-0.3, -0.25) is 4.84 Å². The Morgan fingerprint density at radius 1 is 1.50 bits per heavy atom. The average molecular weight is 236 g/mol. The lowest BCUT2D eigenvalue weighted by Gasteiger charge is -2.04.